The highest BCUT2D eigenvalue weighted by molar-refractivity contribution is 6.37. The van der Waals surface area contributed by atoms with Crippen LogP contribution in [-0.4, -0.2) is 42.0 Å². The number of carbonyl (C=O) groups is 2. The van der Waals surface area contributed by atoms with Crippen molar-refractivity contribution in [3.05, 3.63) is 116 Å². The maximum atomic E-state index is 12.9. The maximum absolute atomic E-state index is 12.9. The fourth-order valence-electron chi connectivity index (χ4n) is 4.20. The third-order valence-electron chi connectivity index (χ3n) is 5.98. The highest BCUT2D eigenvalue weighted by atomic mass is 16.2. The fourth-order valence-corrected chi connectivity index (χ4v) is 4.20. The van der Waals surface area contributed by atoms with Gasteiger partial charge in [-0.25, -0.2) is 9.67 Å². The van der Waals surface area contributed by atoms with Crippen molar-refractivity contribution in [2.45, 2.75) is 18.6 Å². The van der Waals surface area contributed by atoms with E-state index < -0.39 is 23.9 Å². The molecule has 0 aliphatic carbocycles. The van der Waals surface area contributed by atoms with Crippen LogP contribution in [0.3, 0.4) is 0 Å². The van der Waals surface area contributed by atoms with Crippen LogP contribution in [0.2, 0.25) is 0 Å². The first kappa shape index (κ1) is 22.1. The maximum Gasteiger partial charge on any atom is 0.287 e. The van der Waals surface area contributed by atoms with Gasteiger partial charge in [0.15, 0.2) is 0 Å². The Bertz CT molecular complexity index is 1370. The smallest absolute Gasteiger partial charge is 0.287 e. The largest absolute Gasteiger partial charge is 0.363 e. The molecule has 2 N–H and O–H groups in total. The summed E-state index contributed by atoms with van der Waals surface area (Å²) in [5.41, 5.74) is 9.13. The summed E-state index contributed by atoms with van der Waals surface area (Å²) in [5.74, 6) is -1.59. The van der Waals surface area contributed by atoms with Crippen LogP contribution in [0.1, 0.15) is 11.7 Å². The lowest BCUT2D eigenvalue weighted by Gasteiger charge is -2.36. The van der Waals surface area contributed by atoms with E-state index in [4.69, 9.17) is 10.8 Å². The van der Waals surface area contributed by atoms with Crippen molar-refractivity contribution in [2.75, 3.05) is 0 Å². The van der Waals surface area contributed by atoms with Gasteiger partial charge in [-0.3, -0.25) is 9.59 Å². The molecule has 174 valence electrons. The third-order valence-corrected chi connectivity index (χ3v) is 5.98. The minimum absolute atomic E-state index is 0.348. The molecule has 0 saturated heterocycles. The van der Waals surface area contributed by atoms with Crippen LogP contribution in [0.25, 0.3) is 16.9 Å². The first-order chi connectivity index (χ1) is 17.1. The van der Waals surface area contributed by atoms with E-state index in [0.717, 1.165) is 22.5 Å². The first-order valence-corrected chi connectivity index (χ1v) is 11.2. The van der Waals surface area contributed by atoms with E-state index in [-0.39, 0.29) is 0 Å². The Morgan fingerprint density at radius 3 is 2.49 bits per heavy atom. The fraction of sp³-hybridized carbons (Fsp3) is 0.111. The van der Waals surface area contributed by atoms with E-state index in [1.54, 1.807) is 23.4 Å². The number of primary amides is 1. The summed E-state index contributed by atoms with van der Waals surface area (Å²) in [4.78, 5) is 30.7. The first-order valence-electron chi connectivity index (χ1n) is 11.2. The lowest BCUT2D eigenvalue weighted by molar-refractivity contribution is -0.139. The zero-order chi connectivity index (χ0) is 24.2. The molecule has 1 aliphatic heterocycles. The zero-order valence-electron chi connectivity index (χ0n) is 18.9. The van der Waals surface area contributed by atoms with Gasteiger partial charge in [0.05, 0.1) is 12.0 Å². The predicted octanol–water partition coefficient (Wildman–Crippen LogP) is 3.29. The van der Waals surface area contributed by atoms with Gasteiger partial charge in [-0.05, 0) is 35.9 Å². The van der Waals surface area contributed by atoms with Crippen molar-refractivity contribution >= 4 is 11.7 Å². The van der Waals surface area contributed by atoms with Crippen LogP contribution in [0, 0.1) is 0 Å². The molecule has 8 heteroatoms. The average Bonchev–Trinajstić information content (AvgIpc) is 3.61. The lowest BCUT2D eigenvalue weighted by atomic mass is 9.99. The summed E-state index contributed by atoms with van der Waals surface area (Å²) in [6.07, 6.45) is 14.7. The number of carbonyl (C=O) groups excluding carboxylic acids is 2. The van der Waals surface area contributed by atoms with E-state index >= 15 is 0 Å². The van der Waals surface area contributed by atoms with Gasteiger partial charge in [0.1, 0.15) is 12.2 Å². The molecule has 35 heavy (non-hydrogen) atoms. The Balaban J connectivity index is 1.42. The minimum Gasteiger partial charge on any atom is -0.363 e. The number of imidazole rings is 1. The van der Waals surface area contributed by atoms with E-state index in [0.29, 0.717) is 6.42 Å². The Kier molecular flexibility index (Phi) is 6.09. The highest BCUT2D eigenvalue weighted by Crippen LogP contribution is 2.27. The average molecular weight is 465 g/mol. The van der Waals surface area contributed by atoms with Gasteiger partial charge >= 0.3 is 0 Å². The molecule has 8 nitrogen and oxygen atoms in total. The molecule has 2 atom stereocenters. The molecule has 5 rings (SSSR count). The second-order valence-corrected chi connectivity index (χ2v) is 8.22. The summed E-state index contributed by atoms with van der Waals surface area (Å²) in [6, 6.07) is 18.8. The number of hydrogen-bond donors (Lipinski definition) is 1. The number of Topliss-reactive ketones (excluding diaryl/α,β-unsaturated/α-hetero) is 1. The van der Waals surface area contributed by atoms with Gasteiger partial charge < -0.3 is 15.2 Å². The molecule has 1 amide bonds. The third kappa shape index (κ3) is 4.67. The summed E-state index contributed by atoms with van der Waals surface area (Å²) in [6.45, 7) is 0. The molecule has 0 saturated carbocycles. The second-order valence-electron chi connectivity index (χ2n) is 8.22. The quantitative estimate of drug-likeness (QED) is 0.404. The molecule has 2 aromatic carbocycles. The van der Waals surface area contributed by atoms with Gasteiger partial charge in [-0.1, -0.05) is 48.5 Å². The molecule has 0 spiro atoms. The van der Waals surface area contributed by atoms with Crippen molar-refractivity contribution in [3.63, 3.8) is 0 Å². The van der Waals surface area contributed by atoms with E-state index in [2.05, 4.69) is 4.98 Å². The monoisotopic (exact) mass is 464 g/mol. The Morgan fingerprint density at radius 2 is 1.77 bits per heavy atom. The molecular formula is C27H24N6O2. The van der Waals surface area contributed by atoms with Crippen LogP contribution < -0.4 is 5.73 Å². The van der Waals surface area contributed by atoms with Gasteiger partial charge in [0.2, 0.25) is 5.78 Å². The van der Waals surface area contributed by atoms with Crippen molar-refractivity contribution in [1.82, 2.24) is 24.2 Å². The number of benzene rings is 2. The summed E-state index contributed by atoms with van der Waals surface area (Å²) < 4.78 is 3.72. The zero-order valence-corrected chi connectivity index (χ0v) is 18.9. The highest BCUT2D eigenvalue weighted by Gasteiger charge is 2.33. The van der Waals surface area contributed by atoms with Crippen molar-refractivity contribution in [3.8, 4) is 16.9 Å². The molecule has 2 unspecified atom stereocenters. The molecule has 2 aromatic heterocycles. The molecular weight excluding hydrogens is 440 g/mol. The Morgan fingerprint density at radius 1 is 0.971 bits per heavy atom. The summed E-state index contributed by atoms with van der Waals surface area (Å²) in [7, 11) is 0. The standard InChI is InChI=1S/C27H24N6O2/c28-27(35)26(34)24(18-20-6-2-1-3-7-20)32-15-5-4-8-25(32)33-16-13-23(30-33)21-9-11-22(12-10-21)31-17-14-29-19-31/h1-17,19,24-25H,18H2,(H2,28,35). The predicted molar refractivity (Wildman–Crippen MR) is 132 cm³/mol. The summed E-state index contributed by atoms with van der Waals surface area (Å²) in [5, 5.41) is 4.78. The molecule has 0 radical (unpaired) electrons. The number of nitrogens with zero attached hydrogens (tertiary/aromatic N) is 5. The molecule has 3 heterocycles. The Labute approximate surface area is 202 Å². The normalized spacial score (nSPS) is 15.8. The second kappa shape index (κ2) is 9.64. The topological polar surface area (TPSA) is 99.0 Å². The number of rotatable bonds is 8. The minimum atomic E-state index is -0.952. The molecule has 0 bridgehead atoms. The van der Waals surface area contributed by atoms with Crippen molar-refractivity contribution in [2.24, 2.45) is 5.73 Å². The van der Waals surface area contributed by atoms with Crippen molar-refractivity contribution in [1.29, 1.82) is 0 Å². The van der Waals surface area contributed by atoms with Crippen LogP contribution in [0.5, 0.6) is 0 Å². The van der Waals surface area contributed by atoms with Crippen LogP contribution in [-0.2, 0) is 16.0 Å². The molecule has 0 fully saturated rings. The van der Waals surface area contributed by atoms with E-state index in [1.807, 2.05) is 101 Å². The Hall–Kier alpha value is -4.72. The summed E-state index contributed by atoms with van der Waals surface area (Å²) >= 11 is 0. The molecule has 1 aliphatic rings. The number of nitrogens with two attached hydrogens (primary N) is 1. The van der Waals surface area contributed by atoms with Gasteiger partial charge in [0.25, 0.3) is 5.91 Å². The number of hydrogen-bond acceptors (Lipinski definition) is 5. The van der Waals surface area contributed by atoms with Crippen LogP contribution in [0.15, 0.2) is 110 Å². The van der Waals surface area contributed by atoms with Crippen molar-refractivity contribution < 1.29 is 9.59 Å². The van der Waals surface area contributed by atoms with E-state index in [1.165, 1.54) is 0 Å². The number of amides is 1. The van der Waals surface area contributed by atoms with Crippen LogP contribution in [0.4, 0.5) is 0 Å². The van der Waals surface area contributed by atoms with Gasteiger partial charge in [0, 0.05) is 42.5 Å². The van der Waals surface area contributed by atoms with Crippen LogP contribution >= 0.6 is 0 Å². The number of aromatic nitrogens is 4. The lowest BCUT2D eigenvalue weighted by Crippen LogP contribution is -2.48. The van der Waals surface area contributed by atoms with E-state index in [9.17, 15) is 9.59 Å². The van der Waals surface area contributed by atoms with Gasteiger partial charge in [-0.15, -0.1) is 0 Å². The number of ketones is 1. The number of allylic oxidation sites excluding steroid dienone is 2. The van der Waals surface area contributed by atoms with Gasteiger partial charge in [-0.2, -0.15) is 5.10 Å². The molecule has 4 aromatic rings. The SMILES string of the molecule is NC(=O)C(=O)C(Cc1ccccc1)N1C=CC=CC1n1ccc(-c2ccc(-n3ccnc3)cc2)n1.